The molecule has 0 spiro atoms. The summed E-state index contributed by atoms with van der Waals surface area (Å²) in [6, 6.07) is 4.68. The number of amides is 2. The van der Waals surface area contributed by atoms with E-state index in [1.807, 2.05) is 27.7 Å². The van der Waals surface area contributed by atoms with E-state index in [-0.39, 0.29) is 22.9 Å². The van der Waals surface area contributed by atoms with E-state index in [9.17, 15) is 14.7 Å². The summed E-state index contributed by atoms with van der Waals surface area (Å²) in [7, 11) is 0. The van der Waals surface area contributed by atoms with E-state index in [1.54, 1.807) is 12.1 Å². The second-order valence-corrected chi connectivity index (χ2v) is 6.34. The van der Waals surface area contributed by atoms with Gasteiger partial charge in [0, 0.05) is 12.6 Å². The fourth-order valence-electron chi connectivity index (χ4n) is 2.89. The van der Waals surface area contributed by atoms with Crippen molar-refractivity contribution in [2.45, 2.75) is 41.5 Å². The standard InChI is InChI=1S/C20H24N2O3/c1-10-11(2)13(4)18(14(5)12(10)3)22-20(25)16-8-7-9-17(19(16)24)21-15(6)23/h7-9,24H,1-6H3,(H,21,23)(H,22,25). The predicted molar refractivity (Wildman–Crippen MR) is 100 cm³/mol. The summed E-state index contributed by atoms with van der Waals surface area (Å²) in [5.41, 5.74) is 6.58. The van der Waals surface area contributed by atoms with E-state index in [0.717, 1.165) is 27.9 Å². The Morgan fingerprint density at radius 2 is 1.36 bits per heavy atom. The first-order chi connectivity index (χ1) is 11.6. The third-order valence-electron chi connectivity index (χ3n) is 4.83. The quantitative estimate of drug-likeness (QED) is 0.735. The highest BCUT2D eigenvalue weighted by Gasteiger charge is 2.19. The summed E-state index contributed by atoms with van der Waals surface area (Å²) in [5, 5.41) is 15.7. The Morgan fingerprint density at radius 3 is 1.88 bits per heavy atom. The molecule has 3 N–H and O–H groups in total. The van der Waals surface area contributed by atoms with Crippen LogP contribution in [0.5, 0.6) is 5.75 Å². The first-order valence-corrected chi connectivity index (χ1v) is 8.13. The molecule has 0 aliphatic rings. The van der Waals surface area contributed by atoms with Crippen molar-refractivity contribution in [2.75, 3.05) is 10.6 Å². The van der Waals surface area contributed by atoms with Crippen molar-refractivity contribution in [2.24, 2.45) is 0 Å². The van der Waals surface area contributed by atoms with Crippen LogP contribution in [0.1, 0.15) is 45.1 Å². The number of carbonyl (C=O) groups excluding carboxylic acids is 2. The smallest absolute Gasteiger partial charge is 0.259 e. The van der Waals surface area contributed by atoms with Gasteiger partial charge in [-0.05, 0) is 74.6 Å². The monoisotopic (exact) mass is 340 g/mol. The molecule has 0 aliphatic heterocycles. The number of para-hydroxylation sites is 1. The van der Waals surface area contributed by atoms with Crippen LogP contribution >= 0.6 is 0 Å². The van der Waals surface area contributed by atoms with Crippen LogP contribution in [0, 0.1) is 34.6 Å². The molecule has 5 heteroatoms. The van der Waals surface area contributed by atoms with Gasteiger partial charge in [0.1, 0.15) is 0 Å². The molecule has 25 heavy (non-hydrogen) atoms. The second kappa shape index (κ2) is 6.97. The van der Waals surface area contributed by atoms with Gasteiger partial charge in [-0.3, -0.25) is 9.59 Å². The van der Waals surface area contributed by atoms with Crippen molar-refractivity contribution < 1.29 is 14.7 Å². The van der Waals surface area contributed by atoms with E-state index >= 15 is 0 Å². The normalized spacial score (nSPS) is 10.5. The number of hydrogen-bond acceptors (Lipinski definition) is 3. The maximum absolute atomic E-state index is 12.7. The number of phenols is 1. The van der Waals surface area contributed by atoms with Gasteiger partial charge in [-0.1, -0.05) is 6.07 Å². The molecule has 0 heterocycles. The van der Waals surface area contributed by atoms with Gasteiger partial charge in [0.05, 0.1) is 11.3 Å². The SMILES string of the molecule is CC(=O)Nc1cccc(C(=O)Nc2c(C)c(C)c(C)c(C)c2C)c1O. The third kappa shape index (κ3) is 3.50. The lowest BCUT2D eigenvalue weighted by atomic mass is 9.93. The number of anilines is 2. The third-order valence-corrected chi connectivity index (χ3v) is 4.83. The predicted octanol–water partition coefficient (Wildman–Crippen LogP) is 4.15. The van der Waals surface area contributed by atoms with Gasteiger partial charge in [-0.25, -0.2) is 0 Å². The molecule has 132 valence electrons. The van der Waals surface area contributed by atoms with Crippen molar-refractivity contribution in [1.29, 1.82) is 0 Å². The summed E-state index contributed by atoms with van der Waals surface area (Å²) in [4.78, 5) is 23.9. The molecule has 0 bridgehead atoms. The number of nitrogens with one attached hydrogen (secondary N) is 2. The zero-order chi connectivity index (χ0) is 18.9. The maximum Gasteiger partial charge on any atom is 0.259 e. The van der Waals surface area contributed by atoms with Crippen molar-refractivity contribution in [1.82, 2.24) is 0 Å². The highest BCUT2D eigenvalue weighted by atomic mass is 16.3. The summed E-state index contributed by atoms with van der Waals surface area (Å²) in [5.74, 6) is -0.978. The zero-order valence-corrected chi connectivity index (χ0v) is 15.5. The van der Waals surface area contributed by atoms with Crippen LogP contribution in [0.15, 0.2) is 18.2 Å². The highest BCUT2D eigenvalue weighted by Crippen LogP contribution is 2.32. The molecule has 0 saturated carbocycles. The Labute approximate surface area is 148 Å². The Morgan fingerprint density at radius 1 is 0.840 bits per heavy atom. The first-order valence-electron chi connectivity index (χ1n) is 8.13. The van der Waals surface area contributed by atoms with Crippen molar-refractivity contribution in [3.63, 3.8) is 0 Å². The fourth-order valence-corrected chi connectivity index (χ4v) is 2.89. The zero-order valence-electron chi connectivity index (χ0n) is 15.5. The molecule has 0 fully saturated rings. The molecule has 0 aliphatic carbocycles. The summed E-state index contributed by atoms with van der Waals surface area (Å²) < 4.78 is 0. The Kier molecular flexibility index (Phi) is 5.16. The number of aromatic hydroxyl groups is 1. The minimum Gasteiger partial charge on any atom is -0.505 e. The molecule has 2 aromatic carbocycles. The number of rotatable bonds is 3. The van der Waals surface area contributed by atoms with Crippen LogP contribution < -0.4 is 10.6 Å². The van der Waals surface area contributed by atoms with Gasteiger partial charge >= 0.3 is 0 Å². The van der Waals surface area contributed by atoms with E-state index in [0.29, 0.717) is 0 Å². The molecule has 0 unspecified atom stereocenters. The van der Waals surface area contributed by atoms with Crippen LogP contribution in [0.4, 0.5) is 11.4 Å². The molecule has 2 amide bonds. The van der Waals surface area contributed by atoms with Crippen LogP contribution in [-0.4, -0.2) is 16.9 Å². The summed E-state index contributed by atoms with van der Waals surface area (Å²) in [6.45, 7) is 11.4. The lowest BCUT2D eigenvalue weighted by Crippen LogP contribution is -2.16. The molecule has 0 saturated heterocycles. The lowest BCUT2D eigenvalue weighted by molar-refractivity contribution is -0.114. The van der Waals surface area contributed by atoms with Crippen molar-refractivity contribution in [3.05, 3.63) is 51.6 Å². The maximum atomic E-state index is 12.7. The summed E-state index contributed by atoms with van der Waals surface area (Å²) >= 11 is 0. The molecule has 0 aromatic heterocycles. The fraction of sp³-hybridized carbons (Fsp3) is 0.300. The second-order valence-electron chi connectivity index (χ2n) is 6.34. The molecule has 2 aromatic rings. The van der Waals surface area contributed by atoms with Gasteiger partial charge in [0.15, 0.2) is 5.75 Å². The van der Waals surface area contributed by atoms with Crippen LogP contribution in [-0.2, 0) is 4.79 Å². The molecule has 5 nitrogen and oxygen atoms in total. The number of carbonyl (C=O) groups is 2. The Balaban J connectivity index is 2.44. The minimum absolute atomic E-state index is 0.112. The topological polar surface area (TPSA) is 78.4 Å². The van der Waals surface area contributed by atoms with Crippen LogP contribution in [0.2, 0.25) is 0 Å². The van der Waals surface area contributed by atoms with Gasteiger partial charge in [0.25, 0.3) is 5.91 Å². The van der Waals surface area contributed by atoms with E-state index < -0.39 is 5.91 Å². The first kappa shape index (κ1) is 18.5. The van der Waals surface area contributed by atoms with E-state index in [1.165, 1.54) is 18.6 Å². The van der Waals surface area contributed by atoms with Crippen molar-refractivity contribution in [3.8, 4) is 5.75 Å². The number of benzene rings is 2. The van der Waals surface area contributed by atoms with Crippen LogP contribution in [0.25, 0.3) is 0 Å². The Hall–Kier alpha value is -2.82. The minimum atomic E-state index is -0.418. The molecule has 0 radical (unpaired) electrons. The van der Waals surface area contributed by atoms with Gasteiger partial charge in [-0.2, -0.15) is 0 Å². The number of hydrogen-bond donors (Lipinski definition) is 3. The summed E-state index contributed by atoms with van der Waals surface area (Å²) in [6.07, 6.45) is 0. The largest absolute Gasteiger partial charge is 0.505 e. The van der Waals surface area contributed by atoms with Crippen molar-refractivity contribution >= 4 is 23.2 Å². The highest BCUT2D eigenvalue weighted by molar-refractivity contribution is 6.08. The van der Waals surface area contributed by atoms with E-state index in [2.05, 4.69) is 17.6 Å². The van der Waals surface area contributed by atoms with E-state index in [4.69, 9.17) is 0 Å². The average Bonchev–Trinajstić information content (AvgIpc) is 2.56. The van der Waals surface area contributed by atoms with Crippen LogP contribution in [0.3, 0.4) is 0 Å². The molecular weight excluding hydrogens is 316 g/mol. The van der Waals surface area contributed by atoms with Gasteiger partial charge in [-0.15, -0.1) is 0 Å². The molecule has 2 rings (SSSR count). The molecule has 0 atom stereocenters. The van der Waals surface area contributed by atoms with Gasteiger partial charge in [0.2, 0.25) is 5.91 Å². The Bertz CT molecular complexity index is 841. The molecular formula is C20H24N2O3. The van der Waals surface area contributed by atoms with Gasteiger partial charge < -0.3 is 15.7 Å². The average molecular weight is 340 g/mol. The lowest BCUT2D eigenvalue weighted by Gasteiger charge is -2.19. The number of phenolic OH excluding ortho intramolecular Hbond substituents is 1.